The molecule has 1 atom stereocenters. The van der Waals surface area contributed by atoms with Gasteiger partial charge in [-0.05, 0) is 48.1 Å². The van der Waals surface area contributed by atoms with E-state index in [0.717, 1.165) is 9.26 Å². The maximum absolute atomic E-state index is 9.85. The molecule has 1 aromatic heterocycles. The molecule has 0 saturated carbocycles. The summed E-state index contributed by atoms with van der Waals surface area (Å²) in [6.45, 7) is 3.73. The fraction of sp³-hybridized carbons (Fsp3) is 0.444. The summed E-state index contributed by atoms with van der Waals surface area (Å²) in [6.07, 6.45) is 2.40. The molecule has 0 amide bonds. The molecule has 0 radical (unpaired) electrons. The average Bonchev–Trinajstić information content (AvgIpc) is 2.05. The van der Waals surface area contributed by atoms with Gasteiger partial charge in [0.05, 0.1) is 5.69 Å². The summed E-state index contributed by atoms with van der Waals surface area (Å²) in [5.41, 5.74) is -0.0434. The lowest BCUT2D eigenvalue weighted by Gasteiger charge is -2.20. The summed E-state index contributed by atoms with van der Waals surface area (Å²) in [5, 5.41) is 9.85. The van der Waals surface area contributed by atoms with Crippen molar-refractivity contribution in [2.24, 2.45) is 0 Å². The van der Waals surface area contributed by atoms with Gasteiger partial charge in [-0.3, -0.25) is 4.98 Å². The van der Waals surface area contributed by atoms with Gasteiger partial charge in [-0.2, -0.15) is 0 Å². The van der Waals surface area contributed by atoms with Crippen LogP contribution in [0.3, 0.4) is 0 Å². The topological polar surface area (TPSA) is 33.1 Å². The van der Waals surface area contributed by atoms with E-state index in [1.54, 1.807) is 13.1 Å². The van der Waals surface area contributed by atoms with Crippen molar-refractivity contribution in [1.29, 1.82) is 0 Å². The number of aromatic nitrogens is 1. The molecule has 0 aliphatic rings. The van der Waals surface area contributed by atoms with Crippen molar-refractivity contribution in [3.8, 4) is 0 Å². The molecular formula is C9H12INO. The van der Waals surface area contributed by atoms with Gasteiger partial charge in [-0.15, -0.1) is 0 Å². The molecule has 1 aromatic rings. The van der Waals surface area contributed by atoms with Gasteiger partial charge in [-0.1, -0.05) is 6.92 Å². The van der Waals surface area contributed by atoms with Crippen LogP contribution >= 0.6 is 22.6 Å². The van der Waals surface area contributed by atoms with Gasteiger partial charge >= 0.3 is 0 Å². The predicted molar refractivity (Wildman–Crippen MR) is 56.8 cm³/mol. The first-order valence-electron chi connectivity index (χ1n) is 3.90. The van der Waals surface area contributed by atoms with Gasteiger partial charge in [0.2, 0.25) is 0 Å². The minimum absolute atomic E-state index is 0.681. The smallest absolute Gasteiger partial charge is 0.103 e. The highest BCUT2D eigenvalue weighted by Crippen LogP contribution is 2.22. The van der Waals surface area contributed by atoms with E-state index >= 15 is 0 Å². The average molecular weight is 277 g/mol. The van der Waals surface area contributed by atoms with Crippen molar-refractivity contribution in [1.82, 2.24) is 4.98 Å². The van der Waals surface area contributed by atoms with Crippen molar-refractivity contribution in [3.63, 3.8) is 0 Å². The van der Waals surface area contributed by atoms with Crippen LogP contribution in [0.25, 0.3) is 0 Å². The first-order valence-corrected chi connectivity index (χ1v) is 4.98. The fourth-order valence-electron chi connectivity index (χ4n) is 0.880. The molecule has 0 bridgehead atoms. The molecule has 2 nitrogen and oxygen atoms in total. The number of rotatable bonds is 2. The molecule has 66 valence electrons. The van der Waals surface area contributed by atoms with E-state index in [2.05, 4.69) is 27.6 Å². The molecule has 1 N–H and O–H groups in total. The predicted octanol–water partition coefficient (Wildman–Crippen LogP) is 2.30. The molecule has 0 spiro atoms. The van der Waals surface area contributed by atoms with Crippen molar-refractivity contribution >= 4 is 22.6 Å². The largest absolute Gasteiger partial charge is 0.384 e. The van der Waals surface area contributed by atoms with Crippen LogP contribution in [0.1, 0.15) is 26.0 Å². The van der Waals surface area contributed by atoms with Crippen LogP contribution in [0.4, 0.5) is 0 Å². The van der Waals surface area contributed by atoms with Gasteiger partial charge in [0.1, 0.15) is 5.60 Å². The molecule has 0 saturated heterocycles. The lowest BCUT2D eigenvalue weighted by atomic mass is 9.99. The fourth-order valence-corrected chi connectivity index (χ4v) is 1.34. The molecule has 1 heterocycles. The van der Waals surface area contributed by atoms with Crippen LogP contribution in [0.15, 0.2) is 18.3 Å². The molecule has 1 unspecified atom stereocenters. The monoisotopic (exact) mass is 277 g/mol. The van der Waals surface area contributed by atoms with Gasteiger partial charge in [0, 0.05) is 9.77 Å². The normalized spacial score (nSPS) is 15.7. The summed E-state index contributed by atoms with van der Waals surface area (Å²) < 4.78 is 1.10. The third-order valence-corrected chi connectivity index (χ3v) is 2.63. The Hall–Kier alpha value is -0.160. The molecule has 0 aliphatic heterocycles. The molecule has 12 heavy (non-hydrogen) atoms. The van der Waals surface area contributed by atoms with E-state index in [1.165, 1.54) is 0 Å². The Kier molecular flexibility index (Phi) is 3.06. The summed E-state index contributed by atoms with van der Waals surface area (Å²) in [4.78, 5) is 4.13. The quantitative estimate of drug-likeness (QED) is 0.841. The number of hydrogen-bond donors (Lipinski definition) is 1. The van der Waals surface area contributed by atoms with E-state index in [1.807, 2.05) is 19.1 Å². The molecule has 0 aromatic carbocycles. The van der Waals surface area contributed by atoms with Gasteiger partial charge in [-0.25, -0.2) is 0 Å². The van der Waals surface area contributed by atoms with E-state index in [4.69, 9.17) is 0 Å². The van der Waals surface area contributed by atoms with Crippen LogP contribution in [0.2, 0.25) is 0 Å². The zero-order valence-corrected chi connectivity index (χ0v) is 9.37. The summed E-state index contributed by atoms with van der Waals surface area (Å²) in [6, 6.07) is 3.82. The van der Waals surface area contributed by atoms with Gasteiger partial charge in [0.25, 0.3) is 0 Å². The second-order valence-electron chi connectivity index (χ2n) is 2.99. The highest BCUT2D eigenvalue weighted by atomic mass is 127. The van der Waals surface area contributed by atoms with Crippen LogP contribution in [-0.4, -0.2) is 10.1 Å². The van der Waals surface area contributed by atoms with Gasteiger partial charge < -0.3 is 5.11 Å². The third kappa shape index (κ3) is 2.17. The first kappa shape index (κ1) is 9.92. The summed E-state index contributed by atoms with van der Waals surface area (Å²) >= 11 is 2.21. The van der Waals surface area contributed by atoms with Crippen LogP contribution in [-0.2, 0) is 5.60 Å². The Morgan fingerprint density at radius 1 is 1.67 bits per heavy atom. The maximum atomic E-state index is 9.85. The molecule has 0 aliphatic carbocycles. The van der Waals surface area contributed by atoms with Gasteiger partial charge in [0.15, 0.2) is 0 Å². The van der Waals surface area contributed by atoms with E-state index in [-0.39, 0.29) is 0 Å². The highest BCUT2D eigenvalue weighted by molar-refractivity contribution is 14.1. The minimum atomic E-state index is -0.790. The summed E-state index contributed by atoms with van der Waals surface area (Å²) in [7, 11) is 0. The Bertz CT molecular complexity index is 273. The zero-order valence-electron chi connectivity index (χ0n) is 7.21. The SMILES string of the molecule is CCC(C)(O)c1cc(I)ccn1. The Labute approximate surface area is 86.2 Å². The number of pyridine rings is 1. The summed E-state index contributed by atoms with van der Waals surface area (Å²) in [5.74, 6) is 0. The second-order valence-corrected chi connectivity index (χ2v) is 4.23. The number of aliphatic hydroxyl groups is 1. The lowest BCUT2D eigenvalue weighted by molar-refractivity contribution is 0.0484. The van der Waals surface area contributed by atoms with Crippen molar-refractivity contribution in [3.05, 3.63) is 27.6 Å². The second kappa shape index (κ2) is 3.70. The minimum Gasteiger partial charge on any atom is -0.384 e. The maximum Gasteiger partial charge on any atom is 0.103 e. The Morgan fingerprint density at radius 3 is 2.83 bits per heavy atom. The zero-order chi connectivity index (χ0) is 9.19. The van der Waals surface area contributed by atoms with Crippen molar-refractivity contribution in [2.75, 3.05) is 0 Å². The number of halogens is 1. The van der Waals surface area contributed by atoms with Crippen molar-refractivity contribution < 1.29 is 5.11 Å². The van der Waals surface area contributed by atoms with E-state index in [9.17, 15) is 5.11 Å². The van der Waals surface area contributed by atoms with Crippen molar-refractivity contribution in [2.45, 2.75) is 25.9 Å². The Morgan fingerprint density at radius 2 is 2.33 bits per heavy atom. The molecular weight excluding hydrogens is 265 g/mol. The molecule has 3 heteroatoms. The highest BCUT2D eigenvalue weighted by Gasteiger charge is 2.21. The third-order valence-electron chi connectivity index (χ3n) is 1.96. The van der Waals surface area contributed by atoms with E-state index in [0.29, 0.717) is 6.42 Å². The standard InChI is InChI=1S/C9H12INO/c1-3-9(2,12)8-6-7(10)4-5-11-8/h4-6,12H,3H2,1-2H3. The Balaban J connectivity index is 3.03. The van der Waals surface area contributed by atoms with E-state index < -0.39 is 5.60 Å². The lowest BCUT2D eigenvalue weighted by Crippen LogP contribution is -2.21. The van der Waals surface area contributed by atoms with Crippen LogP contribution < -0.4 is 0 Å². The molecule has 0 fully saturated rings. The van der Waals surface area contributed by atoms with Crippen LogP contribution in [0, 0.1) is 3.57 Å². The number of hydrogen-bond acceptors (Lipinski definition) is 2. The van der Waals surface area contributed by atoms with Crippen LogP contribution in [0.5, 0.6) is 0 Å². The number of nitrogens with zero attached hydrogens (tertiary/aromatic N) is 1. The first-order chi connectivity index (χ1) is 5.56. The molecule has 1 rings (SSSR count).